The lowest BCUT2D eigenvalue weighted by Gasteiger charge is -2.30. The number of hydrogen-bond acceptors (Lipinski definition) is 9. The Morgan fingerprint density at radius 3 is 2.32 bits per heavy atom. The molecular weight excluding hydrogens is 398 g/mol. The summed E-state index contributed by atoms with van der Waals surface area (Å²) in [5, 5.41) is 9.17. The van der Waals surface area contributed by atoms with Crippen LogP contribution in [0.4, 0.5) is 28.8 Å². The lowest BCUT2D eigenvalue weighted by molar-refractivity contribution is 0.359. The average Bonchev–Trinajstić information content (AvgIpc) is 2.75. The molecule has 0 radical (unpaired) electrons. The maximum atomic E-state index is 12.1. The summed E-state index contributed by atoms with van der Waals surface area (Å²) < 4.78 is 10.6. The molecule has 2 aromatic carbocycles. The molecule has 3 aromatic rings. The van der Waals surface area contributed by atoms with E-state index in [0.717, 1.165) is 0 Å². The van der Waals surface area contributed by atoms with Crippen LogP contribution < -0.4 is 36.3 Å². The first-order chi connectivity index (χ1) is 14.6. The Morgan fingerprint density at radius 1 is 0.968 bits per heavy atom. The van der Waals surface area contributed by atoms with Crippen molar-refractivity contribution in [3.05, 3.63) is 50.9 Å². The highest BCUT2D eigenvalue weighted by Crippen LogP contribution is 2.31. The fourth-order valence-electron chi connectivity index (χ4n) is 2.72. The Morgan fingerprint density at radius 2 is 1.68 bits per heavy atom. The summed E-state index contributed by atoms with van der Waals surface area (Å²) in [6, 6.07) is 6.91. The number of rotatable bonds is 8. The Kier molecular flexibility index (Phi) is 6.14. The van der Waals surface area contributed by atoms with Gasteiger partial charge in [-0.1, -0.05) is 20.8 Å². The number of ether oxygens (including phenoxy) is 2. The number of nitrogens with zero attached hydrogens (tertiary/aromatic N) is 2. The molecule has 3 rings (SSSR count). The van der Waals surface area contributed by atoms with Crippen LogP contribution in [-0.2, 0) is 0 Å². The fourth-order valence-corrected chi connectivity index (χ4v) is 2.72. The van der Waals surface area contributed by atoms with Crippen molar-refractivity contribution >= 4 is 28.8 Å². The van der Waals surface area contributed by atoms with Gasteiger partial charge in [0.05, 0.1) is 19.9 Å². The van der Waals surface area contributed by atoms with Crippen LogP contribution in [0.15, 0.2) is 40.1 Å². The molecule has 0 bridgehead atoms. The van der Waals surface area contributed by atoms with Crippen LogP contribution in [0.3, 0.4) is 0 Å². The topological polar surface area (TPSA) is 114 Å². The Hall–Kier alpha value is -3.62. The molecule has 0 aliphatic heterocycles. The molecule has 31 heavy (non-hydrogen) atoms. The van der Waals surface area contributed by atoms with E-state index in [0.29, 0.717) is 29.0 Å². The molecule has 1 atom stereocenters. The molecule has 0 aliphatic carbocycles. The average molecular weight is 425 g/mol. The molecule has 0 saturated heterocycles. The van der Waals surface area contributed by atoms with E-state index in [4.69, 9.17) is 9.47 Å². The third-order valence-corrected chi connectivity index (χ3v) is 5.13. The molecule has 0 amide bonds. The smallest absolute Gasteiger partial charge is 0.253 e. The second-order valence-corrected chi connectivity index (χ2v) is 8.22. The van der Waals surface area contributed by atoms with E-state index in [2.05, 4.69) is 46.7 Å². The number of benzene rings is 1. The number of methoxy groups -OCH3 is 2. The van der Waals surface area contributed by atoms with Gasteiger partial charge in [-0.15, -0.1) is 0 Å². The summed E-state index contributed by atoms with van der Waals surface area (Å²) >= 11 is 0. The van der Waals surface area contributed by atoms with E-state index in [1.165, 1.54) is 0 Å². The molecule has 164 valence electrons. The third kappa shape index (κ3) is 4.76. The van der Waals surface area contributed by atoms with Crippen molar-refractivity contribution < 1.29 is 9.47 Å². The van der Waals surface area contributed by atoms with Crippen molar-refractivity contribution in [1.29, 1.82) is 0 Å². The molecule has 1 aromatic heterocycles. The summed E-state index contributed by atoms with van der Waals surface area (Å²) in [6.45, 7) is 8.13. The molecule has 1 heterocycles. The zero-order chi connectivity index (χ0) is 22.8. The van der Waals surface area contributed by atoms with Crippen LogP contribution in [0.1, 0.15) is 27.7 Å². The molecule has 3 N–H and O–H groups in total. The lowest BCUT2D eigenvalue weighted by Crippen LogP contribution is -2.41. The fraction of sp³-hybridized carbons (Fsp3) is 0.364. The zero-order valence-electron chi connectivity index (χ0n) is 18.5. The van der Waals surface area contributed by atoms with Gasteiger partial charge in [-0.25, -0.2) is 4.98 Å². The standard InChI is InChI=1S/C22H27N5O4/c1-12(22(2,3)4)24-17-18(20(29)19(17)28)26-16-9-10-23-21(27-16)25-14-8-7-13(30-5)11-15(14)31-6/h7-12,24H,1-6H3,(H2,23,25,26,27). The quantitative estimate of drug-likeness (QED) is 0.467. The monoisotopic (exact) mass is 425 g/mol. The first-order valence-corrected chi connectivity index (χ1v) is 9.83. The summed E-state index contributed by atoms with van der Waals surface area (Å²) in [7, 11) is 3.13. The first kappa shape index (κ1) is 22.1. The maximum Gasteiger partial charge on any atom is 0.253 e. The number of anilines is 5. The van der Waals surface area contributed by atoms with Gasteiger partial charge in [-0.2, -0.15) is 4.98 Å². The highest BCUT2D eigenvalue weighted by molar-refractivity contribution is 5.78. The first-order valence-electron chi connectivity index (χ1n) is 9.83. The second kappa shape index (κ2) is 8.63. The number of aromatic nitrogens is 2. The minimum atomic E-state index is -0.575. The Labute approximate surface area is 180 Å². The van der Waals surface area contributed by atoms with Crippen LogP contribution in [-0.4, -0.2) is 30.2 Å². The van der Waals surface area contributed by atoms with Gasteiger partial charge in [0.1, 0.15) is 28.7 Å². The van der Waals surface area contributed by atoms with Gasteiger partial charge in [0, 0.05) is 18.3 Å². The highest BCUT2D eigenvalue weighted by atomic mass is 16.5. The summed E-state index contributed by atoms with van der Waals surface area (Å²) in [5.41, 5.74) is -0.0657. The van der Waals surface area contributed by atoms with Gasteiger partial charge < -0.3 is 25.4 Å². The normalized spacial score (nSPS) is 12.3. The molecular formula is C22H27N5O4. The van der Waals surface area contributed by atoms with Crippen molar-refractivity contribution in [2.24, 2.45) is 5.41 Å². The molecule has 9 nitrogen and oxygen atoms in total. The molecule has 0 spiro atoms. The van der Waals surface area contributed by atoms with E-state index in [1.54, 1.807) is 44.7 Å². The van der Waals surface area contributed by atoms with E-state index in [1.807, 2.05) is 6.92 Å². The minimum Gasteiger partial charge on any atom is -0.497 e. The van der Waals surface area contributed by atoms with Crippen LogP contribution in [0.5, 0.6) is 11.5 Å². The number of nitrogens with one attached hydrogen (secondary N) is 3. The van der Waals surface area contributed by atoms with E-state index < -0.39 is 10.9 Å². The SMILES string of the molecule is COc1ccc(Nc2nccc(Nc3c(NC(C)C(C)(C)C)c(=O)c3=O)n2)c(OC)c1. The van der Waals surface area contributed by atoms with Gasteiger partial charge in [-0.3, -0.25) is 9.59 Å². The molecule has 0 saturated carbocycles. The lowest BCUT2D eigenvalue weighted by atomic mass is 9.87. The van der Waals surface area contributed by atoms with Gasteiger partial charge in [0.25, 0.3) is 10.9 Å². The van der Waals surface area contributed by atoms with Gasteiger partial charge in [0.2, 0.25) is 5.95 Å². The van der Waals surface area contributed by atoms with Crippen LogP contribution in [0, 0.1) is 5.41 Å². The van der Waals surface area contributed by atoms with Crippen molar-refractivity contribution in [3.8, 4) is 11.5 Å². The van der Waals surface area contributed by atoms with E-state index in [-0.39, 0.29) is 22.8 Å². The summed E-state index contributed by atoms with van der Waals surface area (Å²) in [5.74, 6) is 1.89. The van der Waals surface area contributed by atoms with Crippen molar-refractivity contribution in [2.45, 2.75) is 33.7 Å². The highest BCUT2D eigenvalue weighted by Gasteiger charge is 2.27. The van der Waals surface area contributed by atoms with Gasteiger partial charge in [-0.05, 0) is 30.5 Å². The predicted molar refractivity (Wildman–Crippen MR) is 122 cm³/mol. The maximum absolute atomic E-state index is 12.1. The summed E-state index contributed by atoms with van der Waals surface area (Å²) in [4.78, 5) is 32.8. The third-order valence-electron chi connectivity index (χ3n) is 5.13. The molecule has 0 fully saturated rings. The van der Waals surface area contributed by atoms with Crippen molar-refractivity contribution in [1.82, 2.24) is 9.97 Å². The van der Waals surface area contributed by atoms with Gasteiger partial charge >= 0.3 is 0 Å². The minimum absolute atomic E-state index is 0.0125. The summed E-state index contributed by atoms with van der Waals surface area (Å²) in [6.07, 6.45) is 1.55. The molecule has 9 heteroatoms. The zero-order valence-corrected chi connectivity index (χ0v) is 18.5. The van der Waals surface area contributed by atoms with E-state index in [9.17, 15) is 9.59 Å². The van der Waals surface area contributed by atoms with Crippen LogP contribution in [0.25, 0.3) is 0 Å². The molecule has 1 unspecified atom stereocenters. The Bertz CT molecular complexity index is 1150. The second-order valence-electron chi connectivity index (χ2n) is 8.22. The van der Waals surface area contributed by atoms with Gasteiger partial charge in [0.15, 0.2) is 0 Å². The molecule has 0 aliphatic rings. The predicted octanol–water partition coefficient (Wildman–Crippen LogP) is 3.42. The Balaban J connectivity index is 1.81. The van der Waals surface area contributed by atoms with Crippen LogP contribution >= 0.6 is 0 Å². The van der Waals surface area contributed by atoms with Crippen molar-refractivity contribution in [3.63, 3.8) is 0 Å². The van der Waals surface area contributed by atoms with Crippen LogP contribution in [0.2, 0.25) is 0 Å². The number of hydrogen-bond donors (Lipinski definition) is 3. The largest absolute Gasteiger partial charge is 0.497 e. The van der Waals surface area contributed by atoms with Crippen molar-refractivity contribution in [2.75, 3.05) is 30.2 Å². The van der Waals surface area contributed by atoms with E-state index >= 15 is 0 Å².